The molecule has 0 spiro atoms. The van der Waals surface area contributed by atoms with E-state index < -0.39 is 12.1 Å². The number of alkyl halides is 3. The van der Waals surface area contributed by atoms with Crippen LogP contribution < -0.4 is 5.32 Å². The molecule has 3 aliphatic rings. The Balaban J connectivity index is 0.997. The summed E-state index contributed by atoms with van der Waals surface area (Å²) in [5.41, 5.74) is 2.93. The van der Waals surface area contributed by atoms with E-state index in [9.17, 15) is 17.6 Å². The molecule has 1 saturated heterocycles. The van der Waals surface area contributed by atoms with Gasteiger partial charge in [0.15, 0.2) is 6.10 Å². The Morgan fingerprint density at radius 1 is 0.973 bits per heavy atom. The molecular weight excluding hydrogens is 494 g/mol. The first kappa shape index (κ1) is 23.6. The fraction of sp³-hybridized carbons (Fsp3) is 0.458. The van der Waals surface area contributed by atoms with E-state index in [0.717, 1.165) is 28.9 Å². The lowest BCUT2D eigenvalue weighted by Crippen LogP contribution is -2.37. The van der Waals surface area contributed by atoms with Crippen molar-refractivity contribution in [2.75, 3.05) is 18.4 Å². The van der Waals surface area contributed by atoms with Gasteiger partial charge in [0.25, 0.3) is 0 Å². The van der Waals surface area contributed by atoms with Gasteiger partial charge in [-0.3, -0.25) is 0 Å². The summed E-state index contributed by atoms with van der Waals surface area (Å²) in [6, 6.07) is 4.99. The van der Waals surface area contributed by atoms with Gasteiger partial charge in [0, 0.05) is 43.0 Å². The Hall–Kier alpha value is -3.77. The summed E-state index contributed by atoms with van der Waals surface area (Å²) in [5, 5.41) is 14.2. The zero-order valence-corrected chi connectivity index (χ0v) is 19.6. The Kier molecular flexibility index (Phi) is 5.92. The average molecular weight is 517 g/mol. The minimum absolute atomic E-state index is 0.0222. The Morgan fingerprint density at radius 3 is 2.46 bits per heavy atom. The highest BCUT2D eigenvalue weighted by Crippen LogP contribution is 2.34. The van der Waals surface area contributed by atoms with Gasteiger partial charge in [-0.1, -0.05) is 11.2 Å². The molecular formula is C24H23F4N7O2. The van der Waals surface area contributed by atoms with Gasteiger partial charge in [0.2, 0.25) is 11.8 Å². The van der Waals surface area contributed by atoms with Crippen molar-refractivity contribution >= 4 is 11.8 Å². The van der Waals surface area contributed by atoms with Crippen molar-refractivity contribution < 1.29 is 26.8 Å². The van der Waals surface area contributed by atoms with Crippen LogP contribution in [0.4, 0.5) is 23.5 Å². The first-order valence-corrected chi connectivity index (χ1v) is 12.1. The first-order valence-electron chi connectivity index (χ1n) is 12.1. The smallest absolute Gasteiger partial charge is 0.417 e. The quantitative estimate of drug-likeness (QED) is 0.513. The summed E-state index contributed by atoms with van der Waals surface area (Å²) in [6.07, 6.45) is 1.66. The SMILES string of the molecule is Fc1ccc2c(c1)CC(Nc1ncc(C3CC(N4CCC(c5nnc(C(F)(F)F)o5)CC4)=NO3)cn1)C2. The molecule has 3 aromatic rings. The molecule has 0 saturated carbocycles. The third-order valence-corrected chi connectivity index (χ3v) is 7.02. The van der Waals surface area contributed by atoms with Gasteiger partial charge in [-0.05, 0) is 48.9 Å². The maximum Gasteiger partial charge on any atom is 0.470 e. The number of fused-ring (bicyclic) bond motifs is 1. The molecule has 2 atom stereocenters. The molecule has 13 heteroatoms. The molecule has 2 unspecified atom stereocenters. The lowest BCUT2D eigenvalue weighted by Gasteiger charge is -2.31. The van der Waals surface area contributed by atoms with Gasteiger partial charge in [-0.2, -0.15) is 13.2 Å². The molecule has 1 aromatic carbocycles. The van der Waals surface area contributed by atoms with Gasteiger partial charge in [0.1, 0.15) is 11.7 Å². The van der Waals surface area contributed by atoms with E-state index in [0.29, 0.717) is 44.7 Å². The van der Waals surface area contributed by atoms with Crippen molar-refractivity contribution in [1.82, 2.24) is 25.1 Å². The number of piperidine rings is 1. The second-order valence-electron chi connectivity index (χ2n) is 9.51. The van der Waals surface area contributed by atoms with E-state index in [1.54, 1.807) is 18.5 Å². The van der Waals surface area contributed by atoms with Crippen LogP contribution in [0.2, 0.25) is 0 Å². The molecule has 1 N–H and O–H groups in total. The van der Waals surface area contributed by atoms with Crippen molar-refractivity contribution in [3.05, 3.63) is 64.9 Å². The van der Waals surface area contributed by atoms with Crippen LogP contribution in [-0.2, 0) is 23.9 Å². The molecule has 2 aromatic heterocycles. The zero-order valence-electron chi connectivity index (χ0n) is 19.6. The predicted octanol–water partition coefficient (Wildman–Crippen LogP) is 4.25. The molecule has 1 aliphatic carbocycles. The standard InChI is InChI=1S/C24H23F4N7O2/c25-17-2-1-14-8-18(9-15(14)7-17)31-23-29-11-16(12-30-23)19-10-20(34-37-19)35-5-3-13(4-6-35)21-32-33-22(36-21)24(26,27)28/h1-2,7,11-13,18-19H,3-6,8-10H2,(H,29,30,31). The average Bonchev–Trinajstić information content (AvgIpc) is 3.64. The molecule has 6 rings (SSSR count). The predicted molar refractivity (Wildman–Crippen MR) is 122 cm³/mol. The van der Waals surface area contributed by atoms with Gasteiger partial charge in [-0.15, -0.1) is 10.2 Å². The summed E-state index contributed by atoms with van der Waals surface area (Å²) in [4.78, 5) is 16.5. The number of rotatable bonds is 4. The Morgan fingerprint density at radius 2 is 1.73 bits per heavy atom. The Bertz CT molecular complexity index is 1300. The third-order valence-electron chi connectivity index (χ3n) is 7.02. The van der Waals surface area contributed by atoms with Crippen LogP contribution in [0, 0.1) is 5.82 Å². The number of anilines is 1. The molecule has 0 amide bonds. The van der Waals surface area contributed by atoms with Crippen molar-refractivity contribution in [3.8, 4) is 0 Å². The second-order valence-corrected chi connectivity index (χ2v) is 9.51. The molecule has 4 heterocycles. The number of nitrogens with one attached hydrogen (secondary N) is 1. The first-order chi connectivity index (χ1) is 17.8. The number of hydrogen-bond acceptors (Lipinski definition) is 9. The maximum absolute atomic E-state index is 13.5. The van der Waals surface area contributed by atoms with Gasteiger partial charge < -0.3 is 19.5 Å². The normalized spacial score (nSPS) is 22.1. The highest BCUT2D eigenvalue weighted by molar-refractivity contribution is 5.83. The van der Waals surface area contributed by atoms with Crippen LogP contribution in [0.15, 0.2) is 40.2 Å². The lowest BCUT2D eigenvalue weighted by atomic mass is 9.96. The van der Waals surface area contributed by atoms with Crippen molar-refractivity contribution in [2.45, 2.75) is 56.3 Å². The van der Waals surface area contributed by atoms with E-state index in [-0.39, 0.29) is 29.8 Å². The summed E-state index contributed by atoms with van der Waals surface area (Å²) in [5.74, 6) is -0.462. The van der Waals surface area contributed by atoms with Crippen LogP contribution in [0.25, 0.3) is 0 Å². The van der Waals surface area contributed by atoms with Crippen molar-refractivity contribution in [3.63, 3.8) is 0 Å². The molecule has 0 radical (unpaired) electrons. The van der Waals surface area contributed by atoms with Gasteiger partial charge >= 0.3 is 12.1 Å². The fourth-order valence-corrected chi connectivity index (χ4v) is 5.08. The van der Waals surface area contributed by atoms with Crippen LogP contribution in [-0.4, -0.2) is 50.0 Å². The van der Waals surface area contributed by atoms with Gasteiger partial charge in [0.05, 0.1) is 6.42 Å². The van der Waals surface area contributed by atoms with E-state index in [2.05, 4.69) is 35.5 Å². The van der Waals surface area contributed by atoms with Crippen molar-refractivity contribution in [1.29, 1.82) is 0 Å². The minimum Gasteiger partial charge on any atom is -0.417 e. The van der Waals surface area contributed by atoms with Crippen LogP contribution >= 0.6 is 0 Å². The van der Waals surface area contributed by atoms with E-state index in [4.69, 9.17) is 9.25 Å². The number of halogens is 4. The maximum atomic E-state index is 13.5. The monoisotopic (exact) mass is 517 g/mol. The Labute approximate surface area is 208 Å². The molecule has 37 heavy (non-hydrogen) atoms. The second kappa shape index (κ2) is 9.27. The molecule has 2 aliphatic heterocycles. The summed E-state index contributed by atoms with van der Waals surface area (Å²) < 4.78 is 56.5. The number of amidine groups is 1. The lowest BCUT2D eigenvalue weighted by molar-refractivity contribution is -0.157. The number of likely N-dealkylation sites (tertiary alicyclic amines) is 1. The third kappa shape index (κ3) is 4.94. The topological polar surface area (TPSA) is 102 Å². The molecule has 1 fully saturated rings. The van der Waals surface area contributed by atoms with E-state index >= 15 is 0 Å². The molecule has 194 valence electrons. The van der Waals surface area contributed by atoms with Crippen LogP contribution in [0.3, 0.4) is 0 Å². The molecule has 0 bridgehead atoms. The number of nitrogens with zero attached hydrogens (tertiary/aromatic N) is 6. The highest BCUT2D eigenvalue weighted by Gasteiger charge is 2.39. The van der Waals surface area contributed by atoms with Crippen LogP contribution in [0.5, 0.6) is 0 Å². The fourth-order valence-electron chi connectivity index (χ4n) is 5.08. The molecule has 9 nitrogen and oxygen atoms in total. The summed E-state index contributed by atoms with van der Waals surface area (Å²) in [6.45, 7) is 1.19. The van der Waals surface area contributed by atoms with E-state index in [1.807, 2.05) is 6.07 Å². The number of hydrogen-bond donors (Lipinski definition) is 1. The number of benzene rings is 1. The highest BCUT2D eigenvalue weighted by atomic mass is 19.4. The summed E-state index contributed by atoms with van der Waals surface area (Å²) in [7, 11) is 0. The number of oxime groups is 1. The van der Waals surface area contributed by atoms with Crippen LogP contribution in [0.1, 0.15) is 59.8 Å². The number of aromatic nitrogens is 4. The minimum atomic E-state index is -4.64. The van der Waals surface area contributed by atoms with Crippen molar-refractivity contribution in [2.24, 2.45) is 5.16 Å². The summed E-state index contributed by atoms with van der Waals surface area (Å²) >= 11 is 0. The van der Waals surface area contributed by atoms with E-state index in [1.165, 1.54) is 6.07 Å². The largest absolute Gasteiger partial charge is 0.470 e. The van der Waals surface area contributed by atoms with Gasteiger partial charge in [-0.25, -0.2) is 14.4 Å². The zero-order chi connectivity index (χ0) is 25.6.